The van der Waals surface area contributed by atoms with Gasteiger partial charge in [-0.15, -0.1) is 5.10 Å². The number of imidazole rings is 1. The van der Waals surface area contributed by atoms with Gasteiger partial charge in [0.2, 0.25) is 11.8 Å². The number of pyridine rings is 1. The Balaban J connectivity index is 1.24. The number of fused-ring (bicyclic) bond motifs is 1. The van der Waals surface area contributed by atoms with Crippen LogP contribution in [0.3, 0.4) is 0 Å². The summed E-state index contributed by atoms with van der Waals surface area (Å²) >= 11 is 0. The Morgan fingerprint density at radius 2 is 1.88 bits per heavy atom. The van der Waals surface area contributed by atoms with Gasteiger partial charge in [-0.3, -0.25) is 0 Å². The molecule has 0 amide bonds. The molecular formula is C27H24F3N7O3. The summed E-state index contributed by atoms with van der Waals surface area (Å²) < 4.78 is 52.6. The molecule has 40 heavy (non-hydrogen) atoms. The van der Waals surface area contributed by atoms with Crippen LogP contribution in [0.2, 0.25) is 0 Å². The monoisotopic (exact) mass is 551 g/mol. The summed E-state index contributed by atoms with van der Waals surface area (Å²) in [5.41, 5.74) is 3.09. The van der Waals surface area contributed by atoms with E-state index < -0.39 is 18.5 Å². The van der Waals surface area contributed by atoms with Crippen molar-refractivity contribution >= 4 is 11.6 Å². The zero-order valence-corrected chi connectivity index (χ0v) is 21.3. The van der Waals surface area contributed by atoms with Crippen LogP contribution in [0.25, 0.3) is 16.8 Å². The first-order valence-corrected chi connectivity index (χ1v) is 12.6. The maximum absolute atomic E-state index is 15.2. The summed E-state index contributed by atoms with van der Waals surface area (Å²) in [4.78, 5) is 15.4. The molecule has 13 heteroatoms. The molecule has 0 unspecified atom stereocenters. The second kappa shape index (κ2) is 10.5. The van der Waals surface area contributed by atoms with Gasteiger partial charge in [-0.05, 0) is 25.8 Å². The molecule has 5 aromatic rings. The van der Waals surface area contributed by atoms with Crippen LogP contribution in [-0.4, -0.2) is 54.4 Å². The molecule has 1 fully saturated rings. The van der Waals surface area contributed by atoms with Crippen LogP contribution >= 0.6 is 0 Å². The highest BCUT2D eigenvalue weighted by Crippen LogP contribution is 2.31. The van der Waals surface area contributed by atoms with Gasteiger partial charge in [0.25, 0.3) is 0 Å². The SMILES string of the molecule is Cc1nc2cc(F)c(-c3cnc(N4CCC(c5nnc(O)o5)CC4)nc3)cn2c1Cc1ccccc1OC(F)F. The number of aromatic nitrogens is 6. The largest absolute Gasteiger partial charge is 0.465 e. The summed E-state index contributed by atoms with van der Waals surface area (Å²) in [7, 11) is 0. The molecule has 0 spiro atoms. The Morgan fingerprint density at radius 1 is 1.12 bits per heavy atom. The van der Waals surface area contributed by atoms with Crippen molar-refractivity contribution in [3.05, 3.63) is 77.6 Å². The van der Waals surface area contributed by atoms with E-state index >= 15 is 4.39 Å². The van der Waals surface area contributed by atoms with E-state index in [1.165, 1.54) is 12.1 Å². The number of aromatic hydroxyl groups is 1. The molecule has 0 aliphatic carbocycles. The fourth-order valence-electron chi connectivity index (χ4n) is 5.04. The maximum Gasteiger partial charge on any atom is 0.412 e. The number of rotatable bonds is 7. The van der Waals surface area contributed by atoms with Crippen molar-refractivity contribution in [2.75, 3.05) is 18.0 Å². The average molecular weight is 552 g/mol. The highest BCUT2D eigenvalue weighted by molar-refractivity contribution is 5.65. The van der Waals surface area contributed by atoms with Crippen LogP contribution in [0, 0.1) is 12.7 Å². The lowest BCUT2D eigenvalue weighted by molar-refractivity contribution is -0.0504. The average Bonchev–Trinajstić information content (AvgIpc) is 3.51. The van der Waals surface area contributed by atoms with Crippen molar-refractivity contribution in [1.82, 2.24) is 29.5 Å². The number of piperidine rings is 1. The first-order chi connectivity index (χ1) is 19.4. The highest BCUT2D eigenvalue weighted by Gasteiger charge is 2.26. The van der Waals surface area contributed by atoms with Crippen LogP contribution in [0.5, 0.6) is 11.8 Å². The van der Waals surface area contributed by atoms with Crippen LogP contribution < -0.4 is 9.64 Å². The minimum absolute atomic E-state index is 0.0477. The minimum Gasteiger partial charge on any atom is -0.465 e. The molecule has 1 aliphatic rings. The van der Waals surface area contributed by atoms with E-state index in [1.807, 2.05) is 4.90 Å². The molecule has 0 saturated carbocycles. The van der Waals surface area contributed by atoms with Gasteiger partial charge in [0.05, 0.1) is 5.69 Å². The number of benzene rings is 1. The van der Waals surface area contributed by atoms with Gasteiger partial charge in [-0.25, -0.2) is 19.3 Å². The van der Waals surface area contributed by atoms with Crippen molar-refractivity contribution in [3.8, 4) is 23.0 Å². The Labute approximate surface area is 226 Å². The zero-order chi connectivity index (χ0) is 27.8. The molecule has 1 aliphatic heterocycles. The number of nitrogens with zero attached hydrogens (tertiary/aromatic N) is 7. The first-order valence-electron chi connectivity index (χ1n) is 12.6. The number of hydrogen-bond donors (Lipinski definition) is 1. The number of anilines is 1. The predicted molar refractivity (Wildman–Crippen MR) is 137 cm³/mol. The Hall–Kier alpha value is -4.68. The number of aryl methyl sites for hydroxylation is 1. The molecule has 6 rings (SSSR count). The number of hydrogen-bond acceptors (Lipinski definition) is 9. The van der Waals surface area contributed by atoms with Crippen molar-refractivity contribution in [2.24, 2.45) is 0 Å². The summed E-state index contributed by atoms with van der Waals surface area (Å²) in [6.07, 6.45) is 6.05. The number of alkyl halides is 2. The molecule has 5 heterocycles. The smallest absolute Gasteiger partial charge is 0.412 e. The fraction of sp³-hybridized carbons (Fsp3) is 0.296. The van der Waals surface area contributed by atoms with Crippen LogP contribution in [0.15, 0.2) is 53.3 Å². The Morgan fingerprint density at radius 3 is 2.58 bits per heavy atom. The lowest BCUT2D eigenvalue weighted by Gasteiger charge is -2.30. The third-order valence-electron chi connectivity index (χ3n) is 7.06. The van der Waals surface area contributed by atoms with Gasteiger partial charge in [0.15, 0.2) is 0 Å². The summed E-state index contributed by atoms with van der Waals surface area (Å²) in [6.45, 7) is 0.155. The fourth-order valence-corrected chi connectivity index (χ4v) is 5.04. The van der Waals surface area contributed by atoms with E-state index in [4.69, 9.17) is 4.42 Å². The lowest BCUT2D eigenvalue weighted by atomic mass is 9.97. The van der Waals surface area contributed by atoms with Gasteiger partial charge < -0.3 is 23.6 Å². The molecule has 1 saturated heterocycles. The topological polar surface area (TPSA) is 115 Å². The van der Waals surface area contributed by atoms with E-state index in [0.29, 0.717) is 47.4 Å². The Kier molecular flexibility index (Phi) is 6.70. The second-order valence-electron chi connectivity index (χ2n) is 9.53. The summed E-state index contributed by atoms with van der Waals surface area (Å²) in [5, 5.41) is 16.7. The first kappa shape index (κ1) is 25.6. The molecule has 0 bridgehead atoms. The van der Waals surface area contributed by atoms with E-state index in [2.05, 4.69) is 29.9 Å². The molecule has 4 aromatic heterocycles. The van der Waals surface area contributed by atoms with Gasteiger partial charge in [0, 0.05) is 72.5 Å². The molecule has 1 aromatic carbocycles. The zero-order valence-electron chi connectivity index (χ0n) is 21.3. The Bertz CT molecular complexity index is 1650. The van der Waals surface area contributed by atoms with Gasteiger partial charge >= 0.3 is 12.7 Å². The van der Waals surface area contributed by atoms with E-state index in [1.54, 1.807) is 48.1 Å². The van der Waals surface area contributed by atoms with Crippen molar-refractivity contribution in [1.29, 1.82) is 0 Å². The number of halogens is 3. The summed E-state index contributed by atoms with van der Waals surface area (Å²) in [6, 6.07) is 7.90. The molecule has 0 radical (unpaired) electrons. The van der Waals surface area contributed by atoms with Crippen LogP contribution in [0.1, 0.15) is 41.6 Å². The lowest BCUT2D eigenvalue weighted by Crippen LogP contribution is -2.34. The van der Waals surface area contributed by atoms with Gasteiger partial charge in [-0.1, -0.05) is 23.3 Å². The molecule has 1 N–H and O–H groups in total. The standard InChI is InChI=1S/C27H24F3N7O3/c1-15-21(10-17-4-2-3-5-22(17)39-25(29)30)37-14-19(20(28)11-23(37)33-15)18-12-31-26(32-13-18)36-8-6-16(7-9-36)24-34-35-27(38)40-24/h2-5,11-14,16,25H,6-10H2,1H3,(H,35,38). The number of ether oxygens (including phenoxy) is 1. The van der Waals surface area contributed by atoms with E-state index in [9.17, 15) is 13.9 Å². The molecule has 0 atom stereocenters. The minimum atomic E-state index is -2.95. The van der Waals surface area contributed by atoms with Crippen molar-refractivity contribution in [2.45, 2.75) is 38.7 Å². The number of para-hydroxylation sites is 1. The second-order valence-corrected chi connectivity index (χ2v) is 9.53. The molecular weight excluding hydrogens is 527 g/mol. The normalized spacial score (nSPS) is 14.4. The van der Waals surface area contributed by atoms with Gasteiger partial charge in [0.1, 0.15) is 17.2 Å². The quantitative estimate of drug-likeness (QED) is 0.302. The van der Waals surface area contributed by atoms with E-state index in [0.717, 1.165) is 18.5 Å². The maximum atomic E-state index is 15.2. The van der Waals surface area contributed by atoms with E-state index in [-0.39, 0.29) is 23.7 Å². The predicted octanol–water partition coefficient (Wildman–Crippen LogP) is 4.90. The summed E-state index contributed by atoms with van der Waals surface area (Å²) in [5.74, 6) is 0.583. The third-order valence-corrected chi connectivity index (χ3v) is 7.06. The van der Waals surface area contributed by atoms with Gasteiger partial charge in [-0.2, -0.15) is 8.78 Å². The third kappa shape index (κ3) is 5.01. The van der Waals surface area contributed by atoms with Crippen molar-refractivity contribution < 1.29 is 27.4 Å². The highest BCUT2D eigenvalue weighted by atomic mass is 19.3. The molecule has 206 valence electrons. The van der Waals surface area contributed by atoms with Crippen LogP contribution in [0.4, 0.5) is 19.1 Å². The van der Waals surface area contributed by atoms with Crippen LogP contribution in [-0.2, 0) is 6.42 Å². The van der Waals surface area contributed by atoms with Crippen molar-refractivity contribution in [3.63, 3.8) is 0 Å². The molecule has 10 nitrogen and oxygen atoms in total.